The molecule has 2 heterocycles. The normalized spacial score (nSPS) is 31.7. The molecule has 182 valence electrons. The molecule has 4 saturated carbocycles. The highest BCUT2D eigenvalue weighted by Gasteiger charge is 2.54. The summed E-state index contributed by atoms with van der Waals surface area (Å²) in [5, 5.41) is 11.3. The molecule has 4 aliphatic carbocycles. The van der Waals surface area contributed by atoms with Crippen molar-refractivity contribution in [2.75, 3.05) is 33.2 Å². The summed E-state index contributed by atoms with van der Waals surface area (Å²) in [4.78, 5) is 4.80. The molecule has 0 amide bonds. The van der Waals surface area contributed by atoms with Gasteiger partial charge in [0.05, 0.1) is 22.9 Å². The summed E-state index contributed by atoms with van der Waals surface area (Å²) in [6.07, 6.45) is 9.55. The van der Waals surface area contributed by atoms with E-state index in [2.05, 4.69) is 16.8 Å². The maximum absolute atomic E-state index is 6.44. The van der Waals surface area contributed by atoms with Crippen LogP contribution in [0.15, 0.2) is 23.3 Å². The number of hydrogen-bond donors (Lipinski definition) is 0. The van der Waals surface area contributed by atoms with E-state index < -0.39 is 0 Å². The van der Waals surface area contributed by atoms with E-state index in [0.29, 0.717) is 21.5 Å². The summed E-state index contributed by atoms with van der Waals surface area (Å²) in [6.45, 7) is 4.89. The Labute approximate surface area is 216 Å². The maximum atomic E-state index is 6.44. The highest BCUT2D eigenvalue weighted by atomic mass is 35.5. The summed E-state index contributed by atoms with van der Waals surface area (Å²) >= 11 is 18.9. The van der Waals surface area contributed by atoms with E-state index >= 15 is 0 Å². The zero-order valence-electron chi connectivity index (χ0n) is 19.7. The van der Waals surface area contributed by atoms with Gasteiger partial charge in [-0.25, -0.2) is 4.68 Å². The van der Waals surface area contributed by atoms with Gasteiger partial charge in [-0.3, -0.25) is 4.90 Å². The van der Waals surface area contributed by atoms with Crippen molar-refractivity contribution in [1.82, 2.24) is 24.3 Å². The molecule has 1 aliphatic heterocycles. The molecule has 1 aromatic carbocycles. The fraction of sp³-hybridized carbons (Fsp3) is 0.640. The first-order chi connectivity index (χ1) is 16.4. The third-order valence-electron chi connectivity index (χ3n) is 8.56. The lowest BCUT2D eigenvalue weighted by Gasteiger charge is -2.55. The lowest BCUT2D eigenvalue weighted by molar-refractivity contribution is -0.0112. The fourth-order valence-corrected chi connectivity index (χ4v) is 7.97. The second kappa shape index (κ2) is 9.00. The van der Waals surface area contributed by atoms with E-state index in [-0.39, 0.29) is 5.41 Å². The maximum Gasteiger partial charge on any atom is 0.220 e. The second-order valence-electron chi connectivity index (χ2n) is 11.1. The largest absolute Gasteiger partial charge is 0.304 e. The van der Waals surface area contributed by atoms with Crippen LogP contribution in [0, 0.1) is 22.5 Å². The number of piperazine rings is 1. The monoisotopic (exact) mass is 518 g/mol. The first-order valence-electron chi connectivity index (χ1n) is 12.5. The van der Waals surface area contributed by atoms with Crippen molar-refractivity contribution in [2.24, 2.45) is 22.9 Å². The molecule has 5 aliphatic rings. The Kier molecular flexibility index (Phi) is 6.13. The van der Waals surface area contributed by atoms with Crippen molar-refractivity contribution < 1.29 is 0 Å². The lowest BCUT2D eigenvalue weighted by Crippen LogP contribution is -2.49. The van der Waals surface area contributed by atoms with Gasteiger partial charge in [-0.15, -0.1) is 0 Å². The van der Waals surface area contributed by atoms with Crippen LogP contribution < -0.4 is 0 Å². The third kappa shape index (κ3) is 4.17. The fourth-order valence-electron chi connectivity index (χ4n) is 7.24. The average Bonchev–Trinajstić information content (AvgIpc) is 3.10. The number of aromatic nitrogens is 3. The zero-order chi connectivity index (χ0) is 23.4. The Morgan fingerprint density at radius 2 is 1.62 bits per heavy atom. The Balaban J connectivity index is 1.40. The standard InChI is InChI=1S/C25H32Cl2N6S/c1-30-5-7-31(8-6-30)16-32-24(34)33(28-15-20-21(26)3-2-4-22(20)27)23(29-32)25-12-17-9-18(13-25)11-19(10-17)14-25/h2-4,15,17-19H,5-14,16H2,1H3/b28-15+. The van der Waals surface area contributed by atoms with Crippen LogP contribution in [0.4, 0.5) is 0 Å². The third-order valence-corrected chi connectivity index (χ3v) is 9.61. The lowest BCUT2D eigenvalue weighted by atomic mass is 9.49. The van der Waals surface area contributed by atoms with E-state index in [9.17, 15) is 0 Å². The first-order valence-corrected chi connectivity index (χ1v) is 13.7. The van der Waals surface area contributed by atoms with Gasteiger partial charge < -0.3 is 4.90 Å². The molecular formula is C25H32Cl2N6S. The molecule has 2 aromatic rings. The van der Waals surface area contributed by atoms with E-state index in [1.54, 1.807) is 6.21 Å². The molecule has 0 spiro atoms. The molecule has 1 saturated heterocycles. The molecule has 5 fully saturated rings. The minimum absolute atomic E-state index is 0.0806. The van der Waals surface area contributed by atoms with Crippen molar-refractivity contribution in [2.45, 2.75) is 50.6 Å². The van der Waals surface area contributed by atoms with Gasteiger partial charge >= 0.3 is 0 Å². The van der Waals surface area contributed by atoms with Gasteiger partial charge in [0.2, 0.25) is 4.77 Å². The van der Waals surface area contributed by atoms with Crippen LogP contribution in [-0.4, -0.2) is 63.7 Å². The van der Waals surface area contributed by atoms with E-state index in [4.69, 9.17) is 45.6 Å². The Morgan fingerprint density at radius 1 is 1.03 bits per heavy atom. The molecule has 34 heavy (non-hydrogen) atoms. The summed E-state index contributed by atoms with van der Waals surface area (Å²) in [5.41, 5.74) is 0.799. The molecular weight excluding hydrogens is 487 g/mol. The van der Waals surface area contributed by atoms with Gasteiger partial charge in [0.1, 0.15) is 0 Å². The molecule has 0 unspecified atom stereocenters. The predicted molar refractivity (Wildman–Crippen MR) is 139 cm³/mol. The van der Waals surface area contributed by atoms with Crippen LogP contribution in [0.1, 0.15) is 49.9 Å². The number of likely N-dealkylation sites (N-methyl/N-ethyl adjacent to an activating group) is 1. The second-order valence-corrected chi connectivity index (χ2v) is 12.2. The highest BCUT2D eigenvalue weighted by molar-refractivity contribution is 7.71. The van der Waals surface area contributed by atoms with Crippen molar-refractivity contribution in [3.8, 4) is 0 Å². The molecule has 4 bridgehead atoms. The van der Waals surface area contributed by atoms with Crippen molar-refractivity contribution in [3.05, 3.63) is 44.4 Å². The van der Waals surface area contributed by atoms with E-state index in [1.165, 1.54) is 38.5 Å². The number of halogens is 2. The van der Waals surface area contributed by atoms with Crippen LogP contribution in [-0.2, 0) is 12.1 Å². The van der Waals surface area contributed by atoms with Crippen molar-refractivity contribution in [1.29, 1.82) is 0 Å². The molecule has 7 rings (SSSR count). The Hall–Kier alpha value is -1.25. The SMILES string of the molecule is CN1CCN(Cn2nc(C34CC5CC(CC(C5)C3)C4)n(/N=C/c3c(Cl)cccc3Cl)c2=S)CC1. The summed E-state index contributed by atoms with van der Waals surface area (Å²) in [6, 6.07) is 5.53. The summed E-state index contributed by atoms with van der Waals surface area (Å²) in [7, 11) is 2.18. The molecule has 1 aromatic heterocycles. The number of nitrogens with zero attached hydrogens (tertiary/aromatic N) is 6. The van der Waals surface area contributed by atoms with E-state index in [0.717, 1.165) is 55.3 Å². The Morgan fingerprint density at radius 3 is 2.21 bits per heavy atom. The summed E-state index contributed by atoms with van der Waals surface area (Å²) < 4.78 is 4.59. The first kappa shape index (κ1) is 23.2. The topological polar surface area (TPSA) is 41.6 Å². The summed E-state index contributed by atoms with van der Waals surface area (Å²) in [5.74, 6) is 3.50. The average molecular weight is 520 g/mol. The molecule has 0 N–H and O–H groups in total. The van der Waals surface area contributed by atoms with Gasteiger partial charge in [-0.1, -0.05) is 29.3 Å². The van der Waals surface area contributed by atoms with Crippen LogP contribution in [0.2, 0.25) is 10.0 Å². The van der Waals surface area contributed by atoms with Crippen LogP contribution in [0.25, 0.3) is 0 Å². The number of benzene rings is 1. The van der Waals surface area contributed by atoms with Crippen molar-refractivity contribution in [3.63, 3.8) is 0 Å². The van der Waals surface area contributed by atoms with Gasteiger partial charge in [-0.05, 0) is 87.7 Å². The van der Waals surface area contributed by atoms with E-state index in [1.807, 2.05) is 27.6 Å². The molecule has 6 nitrogen and oxygen atoms in total. The molecule has 0 radical (unpaired) electrons. The Bertz CT molecular complexity index is 1110. The van der Waals surface area contributed by atoms with Gasteiger partial charge in [0, 0.05) is 37.2 Å². The van der Waals surface area contributed by atoms with Gasteiger partial charge in [0.25, 0.3) is 0 Å². The minimum Gasteiger partial charge on any atom is -0.304 e. The van der Waals surface area contributed by atoms with Gasteiger partial charge in [0.15, 0.2) is 5.82 Å². The van der Waals surface area contributed by atoms with Crippen LogP contribution in [0.5, 0.6) is 0 Å². The van der Waals surface area contributed by atoms with Gasteiger partial charge in [-0.2, -0.15) is 14.9 Å². The molecule has 9 heteroatoms. The number of hydrogen-bond acceptors (Lipinski definition) is 5. The minimum atomic E-state index is 0.0806. The highest BCUT2D eigenvalue weighted by Crippen LogP contribution is 2.60. The smallest absolute Gasteiger partial charge is 0.220 e. The number of rotatable bonds is 5. The van der Waals surface area contributed by atoms with Crippen molar-refractivity contribution >= 4 is 41.6 Å². The quantitative estimate of drug-likeness (QED) is 0.399. The molecule has 0 atom stereocenters. The zero-order valence-corrected chi connectivity index (χ0v) is 22.0. The predicted octanol–water partition coefficient (Wildman–Crippen LogP) is 5.28. The van der Waals surface area contributed by atoms with Crippen LogP contribution >= 0.6 is 35.4 Å². The van der Waals surface area contributed by atoms with Crippen LogP contribution in [0.3, 0.4) is 0 Å².